The van der Waals surface area contributed by atoms with E-state index in [0.29, 0.717) is 25.3 Å². The van der Waals surface area contributed by atoms with Crippen molar-refractivity contribution in [2.75, 3.05) is 20.3 Å². The van der Waals surface area contributed by atoms with Crippen LogP contribution in [0.25, 0.3) is 11.1 Å². The summed E-state index contributed by atoms with van der Waals surface area (Å²) >= 11 is 0. The number of rotatable bonds is 8. The molecule has 0 aliphatic rings. The molecule has 0 aromatic heterocycles. The van der Waals surface area contributed by atoms with Crippen LogP contribution in [0.4, 0.5) is 0 Å². The van der Waals surface area contributed by atoms with Crippen LogP contribution in [0.5, 0.6) is 0 Å². The van der Waals surface area contributed by atoms with E-state index in [2.05, 4.69) is 10.8 Å². The molecule has 2 rings (SSSR count). The highest BCUT2D eigenvalue weighted by Gasteiger charge is 2.14. The van der Waals surface area contributed by atoms with Gasteiger partial charge in [0.25, 0.3) is 5.91 Å². The first kappa shape index (κ1) is 17.1. The highest BCUT2D eigenvalue weighted by molar-refractivity contribution is 6.01. The summed E-state index contributed by atoms with van der Waals surface area (Å²) in [5.74, 6) is -0.108. The summed E-state index contributed by atoms with van der Waals surface area (Å²) in [4.78, 5) is 12.5. The number of nitrogens with one attached hydrogen (secondary N) is 2. The Morgan fingerprint density at radius 1 is 1.09 bits per heavy atom. The number of hydrogen-bond acceptors (Lipinski definition) is 4. The van der Waals surface area contributed by atoms with Crippen molar-refractivity contribution in [3.63, 3.8) is 0 Å². The van der Waals surface area contributed by atoms with E-state index < -0.39 is 0 Å². The number of benzene rings is 2. The summed E-state index contributed by atoms with van der Waals surface area (Å²) < 4.78 is 4.98. The van der Waals surface area contributed by atoms with Gasteiger partial charge in [0.2, 0.25) is 0 Å². The van der Waals surface area contributed by atoms with E-state index in [1.165, 1.54) is 0 Å². The van der Waals surface area contributed by atoms with Crippen molar-refractivity contribution in [3.05, 3.63) is 59.7 Å². The number of ether oxygens (including phenoxy) is 1. The SMILES string of the molecule is COCCCNC(=O)c1ccccc1-c1ccccc1CNO. The van der Waals surface area contributed by atoms with Crippen LogP contribution in [0, 0.1) is 0 Å². The first-order chi connectivity index (χ1) is 11.3. The molecule has 0 aliphatic carbocycles. The summed E-state index contributed by atoms with van der Waals surface area (Å²) in [6.45, 7) is 1.51. The topological polar surface area (TPSA) is 70.6 Å². The summed E-state index contributed by atoms with van der Waals surface area (Å²) in [5, 5.41) is 11.9. The lowest BCUT2D eigenvalue weighted by Crippen LogP contribution is -2.25. The Bertz CT molecular complexity index is 644. The molecule has 3 N–H and O–H groups in total. The third-order valence-corrected chi connectivity index (χ3v) is 3.56. The monoisotopic (exact) mass is 314 g/mol. The molecule has 0 fully saturated rings. The largest absolute Gasteiger partial charge is 0.385 e. The molecule has 5 heteroatoms. The van der Waals surface area contributed by atoms with Crippen LogP contribution in [0.1, 0.15) is 22.3 Å². The van der Waals surface area contributed by atoms with Crippen molar-refractivity contribution in [3.8, 4) is 11.1 Å². The van der Waals surface area contributed by atoms with Gasteiger partial charge in [0.1, 0.15) is 0 Å². The Labute approximate surface area is 136 Å². The normalized spacial score (nSPS) is 10.5. The highest BCUT2D eigenvalue weighted by atomic mass is 16.5. The highest BCUT2D eigenvalue weighted by Crippen LogP contribution is 2.27. The fourth-order valence-corrected chi connectivity index (χ4v) is 2.45. The molecule has 0 saturated heterocycles. The van der Waals surface area contributed by atoms with Crippen molar-refractivity contribution >= 4 is 5.91 Å². The third kappa shape index (κ3) is 4.63. The van der Waals surface area contributed by atoms with Gasteiger partial charge in [0, 0.05) is 32.4 Å². The fraction of sp³-hybridized carbons (Fsp3) is 0.278. The standard InChI is InChI=1S/C18H22N2O3/c1-23-12-6-11-19-18(21)17-10-5-4-9-16(17)15-8-3-2-7-14(15)13-20-22/h2-5,7-10,20,22H,6,11-13H2,1H3,(H,19,21). The zero-order chi connectivity index (χ0) is 16.5. The second-order valence-electron chi connectivity index (χ2n) is 5.14. The second kappa shape index (κ2) is 9.05. The Morgan fingerprint density at radius 3 is 2.52 bits per heavy atom. The van der Waals surface area contributed by atoms with Crippen LogP contribution in [-0.2, 0) is 11.3 Å². The van der Waals surface area contributed by atoms with Gasteiger partial charge in [-0.05, 0) is 29.2 Å². The molecule has 2 aromatic rings. The van der Waals surface area contributed by atoms with E-state index in [9.17, 15) is 4.79 Å². The molecule has 0 atom stereocenters. The van der Waals surface area contributed by atoms with Crippen molar-refractivity contribution in [1.29, 1.82) is 0 Å². The van der Waals surface area contributed by atoms with Crippen LogP contribution in [-0.4, -0.2) is 31.4 Å². The molecular weight excluding hydrogens is 292 g/mol. The maximum atomic E-state index is 12.5. The molecule has 23 heavy (non-hydrogen) atoms. The van der Waals surface area contributed by atoms with Crippen LogP contribution in [0.2, 0.25) is 0 Å². The number of carbonyl (C=O) groups excluding carboxylic acids is 1. The van der Waals surface area contributed by atoms with E-state index in [-0.39, 0.29) is 5.91 Å². The molecule has 0 unspecified atom stereocenters. The Hall–Kier alpha value is -2.21. The quantitative estimate of drug-likeness (QED) is 0.517. The van der Waals surface area contributed by atoms with E-state index >= 15 is 0 Å². The number of carbonyl (C=O) groups is 1. The first-order valence-corrected chi connectivity index (χ1v) is 7.59. The molecule has 122 valence electrons. The predicted molar refractivity (Wildman–Crippen MR) is 89.3 cm³/mol. The van der Waals surface area contributed by atoms with Crippen molar-refractivity contribution < 1.29 is 14.7 Å². The van der Waals surface area contributed by atoms with Gasteiger partial charge in [-0.15, -0.1) is 0 Å². The average Bonchev–Trinajstić information content (AvgIpc) is 2.59. The lowest BCUT2D eigenvalue weighted by Gasteiger charge is -2.13. The number of methoxy groups -OCH3 is 1. The summed E-state index contributed by atoms with van der Waals surface area (Å²) in [6, 6.07) is 15.2. The summed E-state index contributed by atoms with van der Waals surface area (Å²) in [6.07, 6.45) is 0.773. The fourth-order valence-electron chi connectivity index (χ4n) is 2.45. The van der Waals surface area contributed by atoms with Crippen molar-refractivity contribution in [2.24, 2.45) is 0 Å². The zero-order valence-corrected chi connectivity index (χ0v) is 13.2. The predicted octanol–water partition coefficient (Wildman–Crippen LogP) is 2.60. The molecule has 1 amide bonds. The van der Waals surface area contributed by atoms with Crippen LogP contribution < -0.4 is 10.8 Å². The van der Waals surface area contributed by atoms with Crippen molar-refractivity contribution in [1.82, 2.24) is 10.8 Å². The van der Waals surface area contributed by atoms with Crippen molar-refractivity contribution in [2.45, 2.75) is 13.0 Å². The average molecular weight is 314 g/mol. The van der Waals surface area contributed by atoms with Gasteiger partial charge in [-0.1, -0.05) is 42.5 Å². The molecule has 0 bridgehead atoms. The lowest BCUT2D eigenvalue weighted by atomic mass is 9.95. The molecule has 5 nitrogen and oxygen atoms in total. The molecule has 0 radical (unpaired) electrons. The van der Waals surface area contributed by atoms with E-state index in [4.69, 9.17) is 9.94 Å². The molecule has 0 aliphatic heterocycles. The van der Waals surface area contributed by atoms with Crippen LogP contribution >= 0.6 is 0 Å². The maximum absolute atomic E-state index is 12.5. The van der Waals surface area contributed by atoms with Gasteiger partial charge in [-0.25, -0.2) is 5.48 Å². The molecule has 0 spiro atoms. The number of hydrogen-bond donors (Lipinski definition) is 3. The maximum Gasteiger partial charge on any atom is 0.251 e. The minimum atomic E-state index is -0.108. The van der Waals surface area contributed by atoms with Crippen LogP contribution in [0.15, 0.2) is 48.5 Å². The van der Waals surface area contributed by atoms with E-state index in [1.807, 2.05) is 48.5 Å². The molecule has 2 aromatic carbocycles. The van der Waals surface area contributed by atoms with E-state index in [0.717, 1.165) is 23.1 Å². The first-order valence-electron chi connectivity index (χ1n) is 7.59. The number of amides is 1. The molecule has 0 heterocycles. The molecule has 0 saturated carbocycles. The Morgan fingerprint density at radius 2 is 1.78 bits per heavy atom. The summed E-state index contributed by atoms with van der Waals surface area (Å²) in [7, 11) is 1.64. The number of hydroxylamine groups is 1. The minimum absolute atomic E-state index is 0.108. The van der Waals surface area contributed by atoms with Crippen LogP contribution in [0.3, 0.4) is 0 Å². The Kier molecular flexibility index (Phi) is 6.75. The van der Waals surface area contributed by atoms with Gasteiger partial charge in [0.15, 0.2) is 0 Å². The van der Waals surface area contributed by atoms with Gasteiger partial charge in [0.05, 0.1) is 0 Å². The van der Waals surface area contributed by atoms with Gasteiger partial charge < -0.3 is 15.3 Å². The molecular formula is C18H22N2O3. The second-order valence-corrected chi connectivity index (χ2v) is 5.14. The van der Waals surface area contributed by atoms with E-state index in [1.54, 1.807) is 7.11 Å². The Balaban J connectivity index is 2.25. The zero-order valence-electron chi connectivity index (χ0n) is 13.2. The lowest BCUT2D eigenvalue weighted by molar-refractivity contribution is 0.0949. The summed E-state index contributed by atoms with van der Waals surface area (Å²) in [5.41, 5.74) is 5.50. The van der Waals surface area contributed by atoms with Gasteiger partial charge in [-0.2, -0.15) is 0 Å². The van der Waals surface area contributed by atoms with Gasteiger partial charge >= 0.3 is 0 Å². The smallest absolute Gasteiger partial charge is 0.251 e. The minimum Gasteiger partial charge on any atom is -0.385 e. The van der Waals surface area contributed by atoms with Gasteiger partial charge in [-0.3, -0.25) is 4.79 Å². The third-order valence-electron chi connectivity index (χ3n) is 3.56.